The van der Waals surface area contributed by atoms with E-state index in [1.54, 1.807) is 13.0 Å². The van der Waals surface area contributed by atoms with Gasteiger partial charge in [-0.1, -0.05) is 30.3 Å². The van der Waals surface area contributed by atoms with Crippen LogP contribution in [0.2, 0.25) is 0 Å². The fraction of sp³-hybridized carbons (Fsp3) is 0.294. The van der Waals surface area contributed by atoms with Crippen LogP contribution in [0.5, 0.6) is 5.75 Å². The van der Waals surface area contributed by atoms with E-state index in [-0.39, 0.29) is 5.97 Å². The Balaban J connectivity index is 2.02. The van der Waals surface area contributed by atoms with Crippen LogP contribution >= 0.6 is 0 Å². The highest BCUT2D eigenvalue weighted by Gasteiger charge is 2.08. The van der Waals surface area contributed by atoms with Crippen molar-refractivity contribution in [2.24, 2.45) is 0 Å². The standard InChI is InChI=1S/C17H18O4/c1-2-20-17(19)8-5-11-21-16-10-9-13-6-3-4-7-14(13)15(16)12-18/h3-4,6-7,9-10,12H,2,5,8,11H2,1H3. The largest absolute Gasteiger partial charge is 0.493 e. The molecule has 110 valence electrons. The highest BCUT2D eigenvalue weighted by molar-refractivity contribution is 6.00. The summed E-state index contributed by atoms with van der Waals surface area (Å²) in [5, 5.41) is 1.87. The highest BCUT2D eigenvalue weighted by atomic mass is 16.5. The number of fused-ring (bicyclic) bond motifs is 1. The van der Waals surface area contributed by atoms with Crippen molar-refractivity contribution in [2.45, 2.75) is 19.8 Å². The van der Waals surface area contributed by atoms with E-state index in [4.69, 9.17) is 9.47 Å². The van der Waals surface area contributed by atoms with Gasteiger partial charge in [-0.3, -0.25) is 9.59 Å². The molecule has 2 aromatic rings. The number of ether oxygens (including phenoxy) is 2. The van der Waals surface area contributed by atoms with Crippen LogP contribution in [0.4, 0.5) is 0 Å². The third kappa shape index (κ3) is 3.81. The quantitative estimate of drug-likeness (QED) is 0.445. The van der Waals surface area contributed by atoms with E-state index in [1.807, 2.05) is 30.3 Å². The first kappa shape index (κ1) is 15.0. The number of benzene rings is 2. The van der Waals surface area contributed by atoms with Gasteiger partial charge in [0.15, 0.2) is 6.29 Å². The molecule has 0 atom stereocenters. The van der Waals surface area contributed by atoms with Crippen LogP contribution in [-0.4, -0.2) is 25.5 Å². The van der Waals surface area contributed by atoms with Crippen LogP contribution in [0.3, 0.4) is 0 Å². The van der Waals surface area contributed by atoms with Gasteiger partial charge in [-0.25, -0.2) is 0 Å². The monoisotopic (exact) mass is 286 g/mol. The second kappa shape index (κ2) is 7.43. The molecule has 4 heteroatoms. The van der Waals surface area contributed by atoms with Crippen LogP contribution in [0.1, 0.15) is 30.1 Å². The summed E-state index contributed by atoms with van der Waals surface area (Å²) in [4.78, 5) is 22.5. The van der Waals surface area contributed by atoms with Crippen molar-refractivity contribution < 1.29 is 19.1 Å². The van der Waals surface area contributed by atoms with Crippen molar-refractivity contribution in [3.05, 3.63) is 42.0 Å². The number of hydrogen-bond donors (Lipinski definition) is 0. The minimum atomic E-state index is -0.227. The topological polar surface area (TPSA) is 52.6 Å². The van der Waals surface area contributed by atoms with Crippen molar-refractivity contribution in [3.63, 3.8) is 0 Å². The molecule has 0 saturated carbocycles. The van der Waals surface area contributed by atoms with Gasteiger partial charge in [0.05, 0.1) is 18.8 Å². The number of rotatable bonds is 7. The molecule has 0 N–H and O–H groups in total. The zero-order valence-corrected chi connectivity index (χ0v) is 12.0. The molecule has 0 aliphatic rings. The van der Waals surface area contributed by atoms with Gasteiger partial charge < -0.3 is 9.47 Å². The molecule has 0 spiro atoms. The maximum absolute atomic E-state index is 11.3. The first-order valence-corrected chi connectivity index (χ1v) is 7.01. The SMILES string of the molecule is CCOC(=O)CCCOc1ccc2ccccc2c1C=O. The van der Waals surface area contributed by atoms with Gasteiger partial charge in [0.1, 0.15) is 5.75 Å². The lowest BCUT2D eigenvalue weighted by Crippen LogP contribution is -2.07. The Kier molecular flexibility index (Phi) is 5.32. The van der Waals surface area contributed by atoms with Gasteiger partial charge in [0.2, 0.25) is 0 Å². The average Bonchev–Trinajstić information content (AvgIpc) is 2.51. The molecule has 0 aliphatic heterocycles. The van der Waals surface area contributed by atoms with E-state index in [1.165, 1.54) is 0 Å². The molecule has 21 heavy (non-hydrogen) atoms. The van der Waals surface area contributed by atoms with E-state index in [9.17, 15) is 9.59 Å². The van der Waals surface area contributed by atoms with Gasteiger partial charge >= 0.3 is 5.97 Å². The minimum absolute atomic E-state index is 0.227. The van der Waals surface area contributed by atoms with Gasteiger partial charge in [-0.15, -0.1) is 0 Å². The lowest BCUT2D eigenvalue weighted by molar-refractivity contribution is -0.143. The fourth-order valence-electron chi connectivity index (χ4n) is 2.15. The van der Waals surface area contributed by atoms with Crippen LogP contribution in [0.15, 0.2) is 36.4 Å². The first-order valence-electron chi connectivity index (χ1n) is 7.01. The summed E-state index contributed by atoms with van der Waals surface area (Å²) in [6.45, 7) is 2.54. The summed E-state index contributed by atoms with van der Waals surface area (Å²) in [5.41, 5.74) is 0.546. The summed E-state index contributed by atoms with van der Waals surface area (Å²) in [6, 6.07) is 11.4. The predicted molar refractivity (Wildman–Crippen MR) is 80.7 cm³/mol. The van der Waals surface area contributed by atoms with Crippen molar-refractivity contribution in [1.29, 1.82) is 0 Å². The first-order chi connectivity index (χ1) is 10.3. The maximum Gasteiger partial charge on any atom is 0.305 e. The molecule has 0 bridgehead atoms. The highest BCUT2D eigenvalue weighted by Crippen LogP contribution is 2.26. The number of hydrogen-bond acceptors (Lipinski definition) is 4. The number of carbonyl (C=O) groups excluding carboxylic acids is 2. The van der Waals surface area contributed by atoms with Crippen LogP contribution in [0.25, 0.3) is 10.8 Å². The van der Waals surface area contributed by atoms with Crippen molar-refractivity contribution in [3.8, 4) is 5.75 Å². The van der Waals surface area contributed by atoms with Crippen LogP contribution in [0, 0.1) is 0 Å². The summed E-state index contributed by atoms with van der Waals surface area (Å²) in [7, 11) is 0. The van der Waals surface area contributed by atoms with Gasteiger partial charge in [0, 0.05) is 6.42 Å². The Morgan fingerprint density at radius 3 is 2.76 bits per heavy atom. The fourth-order valence-corrected chi connectivity index (χ4v) is 2.15. The number of esters is 1. The van der Waals surface area contributed by atoms with Crippen LogP contribution in [-0.2, 0) is 9.53 Å². The molecule has 0 unspecified atom stereocenters. The third-order valence-corrected chi connectivity index (χ3v) is 3.14. The van der Waals surface area contributed by atoms with Crippen LogP contribution < -0.4 is 4.74 Å². The molecular formula is C17H18O4. The summed E-state index contributed by atoms with van der Waals surface area (Å²) < 4.78 is 10.5. The van der Waals surface area contributed by atoms with Crippen molar-refractivity contribution in [2.75, 3.05) is 13.2 Å². The normalized spacial score (nSPS) is 10.3. The Morgan fingerprint density at radius 2 is 2.00 bits per heavy atom. The zero-order valence-electron chi connectivity index (χ0n) is 12.0. The zero-order chi connectivity index (χ0) is 15.1. The van der Waals surface area contributed by atoms with Gasteiger partial charge in [-0.05, 0) is 30.2 Å². The number of carbonyl (C=O) groups is 2. The van der Waals surface area contributed by atoms with E-state index in [0.29, 0.717) is 37.4 Å². The summed E-state index contributed by atoms with van der Waals surface area (Å²) in [6.07, 6.45) is 1.69. The van der Waals surface area contributed by atoms with Crippen molar-refractivity contribution in [1.82, 2.24) is 0 Å². The Labute approximate surface area is 123 Å². The third-order valence-electron chi connectivity index (χ3n) is 3.14. The summed E-state index contributed by atoms with van der Waals surface area (Å²) in [5.74, 6) is 0.322. The van der Waals surface area contributed by atoms with Gasteiger partial charge in [0.25, 0.3) is 0 Å². The molecule has 0 fully saturated rings. The molecule has 0 amide bonds. The molecule has 0 aromatic heterocycles. The van der Waals surface area contributed by atoms with Crippen molar-refractivity contribution >= 4 is 23.0 Å². The molecule has 0 radical (unpaired) electrons. The molecule has 2 rings (SSSR count). The lowest BCUT2D eigenvalue weighted by Gasteiger charge is -2.10. The Hall–Kier alpha value is -2.36. The lowest BCUT2D eigenvalue weighted by atomic mass is 10.0. The second-order valence-electron chi connectivity index (χ2n) is 4.57. The molecule has 0 heterocycles. The maximum atomic E-state index is 11.3. The Bertz CT molecular complexity index is 634. The van der Waals surface area contributed by atoms with E-state index >= 15 is 0 Å². The Morgan fingerprint density at radius 1 is 1.19 bits per heavy atom. The minimum Gasteiger partial charge on any atom is -0.493 e. The second-order valence-corrected chi connectivity index (χ2v) is 4.57. The molecule has 0 aliphatic carbocycles. The summed E-state index contributed by atoms with van der Waals surface area (Å²) >= 11 is 0. The van der Waals surface area contributed by atoms with E-state index in [0.717, 1.165) is 17.1 Å². The van der Waals surface area contributed by atoms with E-state index < -0.39 is 0 Å². The van der Waals surface area contributed by atoms with Gasteiger partial charge in [-0.2, -0.15) is 0 Å². The molecular weight excluding hydrogens is 268 g/mol. The molecule has 0 saturated heterocycles. The number of aldehydes is 1. The predicted octanol–water partition coefficient (Wildman–Crippen LogP) is 3.37. The molecule has 2 aromatic carbocycles. The smallest absolute Gasteiger partial charge is 0.305 e. The average molecular weight is 286 g/mol. The molecule has 4 nitrogen and oxygen atoms in total. The van der Waals surface area contributed by atoms with E-state index in [2.05, 4.69) is 0 Å².